The Morgan fingerprint density at radius 2 is 1.94 bits per heavy atom. The molecule has 1 aromatic heterocycles. The van der Waals surface area contributed by atoms with E-state index < -0.39 is 4.92 Å². The minimum atomic E-state index is -0.486. The van der Waals surface area contributed by atoms with E-state index in [1.165, 1.54) is 6.07 Å². The number of nitro groups is 1. The Kier molecular flexibility index (Phi) is 5.51. The quantitative estimate of drug-likeness (QED) is 0.546. The van der Waals surface area contributed by atoms with E-state index in [9.17, 15) is 10.1 Å². The monoisotopic (exact) mass is 252 g/mol. The zero-order valence-corrected chi connectivity index (χ0v) is 11.2. The van der Waals surface area contributed by atoms with Gasteiger partial charge in [-0.05, 0) is 29.1 Å². The molecular formula is C12H20N4O2. The van der Waals surface area contributed by atoms with Crippen LogP contribution < -0.4 is 4.90 Å². The molecule has 0 saturated heterocycles. The van der Waals surface area contributed by atoms with Crippen LogP contribution in [0, 0.1) is 10.1 Å². The van der Waals surface area contributed by atoms with Gasteiger partial charge in [0.15, 0.2) is 6.20 Å². The highest BCUT2D eigenvalue weighted by Crippen LogP contribution is 2.14. The first kappa shape index (κ1) is 14.4. The van der Waals surface area contributed by atoms with Crippen molar-refractivity contribution in [3.05, 3.63) is 28.4 Å². The maximum atomic E-state index is 10.5. The summed E-state index contributed by atoms with van der Waals surface area (Å²) in [6.45, 7) is 8.18. The average molecular weight is 252 g/mol. The van der Waals surface area contributed by atoms with Gasteiger partial charge in [-0.15, -0.1) is 0 Å². The summed E-state index contributed by atoms with van der Waals surface area (Å²) in [6, 6.07) is 3.16. The second-order valence-electron chi connectivity index (χ2n) is 4.08. The fraction of sp³-hybridized carbons (Fsp3) is 0.583. The summed E-state index contributed by atoms with van der Waals surface area (Å²) < 4.78 is 0. The Bertz CT molecular complexity index is 376. The molecule has 0 fully saturated rings. The van der Waals surface area contributed by atoms with Crippen LogP contribution >= 0.6 is 0 Å². The number of anilines is 1. The maximum Gasteiger partial charge on any atom is 0.363 e. The van der Waals surface area contributed by atoms with Crippen LogP contribution in [0.15, 0.2) is 18.3 Å². The maximum absolute atomic E-state index is 10.5. The fourth-order valence-electron chi connectivity index (χ4n) is 1.67. The van der Waals surface area contributed by atoms with Crippen molar-refractivity contribution in [3.63, 3.8) is 0 Å². The lowest BCUT2D eigenvalue weighted by atomic mass is 10.3. The van der Waals surface area contributed by atoms with Gasteiger partial charge in [-0.1, -0.05) is 13.8 Å². The van der Waals surface area contributed by atoms with Crippen LogP contribution in [-0.2, 0) is 0 Å². The topological polar surface area (TPSA) is 62.5 Å². The largest absolute Gasteiger partial charge is 0.370 e. The van der Waals surface area contributed by atoms with Crippen LogP contribution in [0.5, 0.6) is 0 Å². The Morgan fingerprint density at radius 1 is 1.28 bits per heavy atom. The molecule has 0 aliphatic rings. The number of rotatable bonds is 7. The van der Waals surface area contributed by atoms with Gasteiger partial charge in [0.05, 0.1) is 5.69 Å². The molecule has 6 nitrogen and oxygen atoms in total. The molecule has 0 bridgehead atoms. The van der Waals surface area contributed by atoms with Crippen molar-refractivity contribution in [2.24, 2.45) is 0 Å². The highest BCUT2D eigenvalue weighted by atomic mass is 16.6. The zero-order valence-electron chi connectivity index (χ0n) is 11.2. The molecule has 18 heavy (non-hydrogen) atoms. The lowest BCUT2D eigenvalue weighted by molar-refractivity contribution is -0.389. The molecular weight excluding hydrogens is 232 g/mol. The fourth-order valence-corrected chi connectivity index (χ4v) is 1.67. The van der Waals surface area contributed by atoms with E-state index in [1.807, 2.05) is 7.05 Å². The molecule has 0 aromatic carbocycles. The number of hydrogen-bond acceptors (Lipinski definition) is 5. The molecule has 0 N–H and O–H groups in total. The number of hydrogen-bond donors (Lipinski definition) is 0. The predicted octanol–water partition coefficient (Wildman–Crippen LogP) is 1.77. The normalized spacial score (nSPS) is 10.7. The highest BCUT2D eigenvalue weighted by Gasteiger charge is 2.09. The molecule has 100 valence electrons. The van der Waals surface area contributed by atoms with Crippen molar-refractivity contribution < 1.29 is 4.92 Å². The second kappa shape index (κ2) is 6.90. The van der Waals surface area contributed by atoms with Crippen molar-refractivity contribution in [2.45, 2.75) is 13.8 Å². The number of nitrogens with zero attached hydrogens (tertiary/aromatic N) is 4. The summed E-state index contributed by atoms with van der Waals surface area (Å²) in [6.07, 6.45) is 1.54. The molecule has 6 heteroatoms. The van der Waals surface area contributed by atoms with E-state index in [0.717, 1.165) is 31.9 Å². The second-order valence-corrected chi connectivity index (χ2v) is 4.08. The Hall–Kier alpha value is -1.69. The van der Waals surface area contributed by atoms with Crippen molar-refractivity contribution in [3.8, 4) is 0 Å². The molecule has 0 radical (unpaired) electrons. The summed E-state index contributed by atoms with van der Waals surface area (Å²) >= 11 is 0. The minimum Gasteiger partial charge on any atom is -0.370 e. The SMILES string of the molecule is CCN(CC)CCN(C)c1ccc([N+](=O)[O-])nc1. The van der Waals surface area contributed by atoms with Gasteiger partial charge in [0, 0.05) is 26.2 Å². The number of likely N-dealkylation sites (N-methyl/N-ethyl adjacent to an activating group) is 2. The van der Waals surface area contributed by atoms with Crippen molar-refractivity contribution in [1.29, 1.82) is 0 Å². The molecule has 0 aliphatic carbocycles. The first-order chi connectivity index (χ1) is 8.58. The molecule has 1 rings (SSSR count). The van der Waals surface area contributed by atoms with Crippen LogP contribution in [0.25, 0.3) is 0 Å². The van der Waals surface area contributed by atoms with Gasteiger partial charge in [0.1, 0.15) is 0 Å². The third-order valence-corrected chi connectivity index (χ3v) is 3.01. The van der Waals surface area contributed by atoms with E-state index in [2.05, 4.69) is 28.6 Å². The Balaban J connectivity index is 2.56. The first-order valence-corrected chi connectivity index (χ1v) is 6.12. The molecule has 1 aromatic rings. The van der Waals surface area contributed by atoms with Crippen molar-refractivity contribution in [1.82, 2.24) is 9.88 Å². The molecule has 0 atom stereocenters. The van der Waals surface area contributed by atoms with Crippen LogP contribution in [0.2, 0.25) is 0 Å². The van der Waals surface area contributed by atoms with Crippen LogP contribution in [0.3, 0.4) is 0 Å². The van der Waals surface area contributed by atoms with Crippen LogP contribution in [0.4, 0.5) is 11.5 Å². The van der Waals surface area contributed by atoms with E-state index in [-0.39, 0.29) is 5.82 Å². The summed E-state index contributed by atoms with van der Waals surface area (Å²) in [4.78, 5) is 18.2. The van der Waals surface area contributed by atoms with Gasteiger partial charge < -0.3 is 19.9 Å². The van der Waals surface area contributed by atoms with E-state index in [0.29, 0.717) is 0 Å². The van der Waals surface area contributed by atoms with E-state index in [4.69, 9.17) is 0 Å². The number of pyridine rings is 1. The molecule has 0 saturated carbocycles. The number of aromatic nitrogens is 1. The van der Waals surface area contributed by atoms with Crippen LogP contribution in [0.1, 0.15) is 13.8 Å². The average Bonchev–Trinajstić information content (AvgIpc) is 2.39. The summed E-state index contributed by atoms with van der Waals surface area (Å²) in [5.41, 5.74) is 0.896. The first-order valence-electron chi connectivity index (χ1n) is 6.12. The molecule has 0 amide bonds. The van der Waals surface area contributed by atoms with Crippen LogP contribution in [-0.4, -0.2) is 48.0 Å². The van der Waals surface area contributed by atoms with Gasteiger partial charge in [0.2, 0.25) is 0 Å². The summed E-state index contributed by atoms with van der Waals surface area (Å²) in [5.74, 6) is -0.115. The van der Waals surface area contributed by atoms with Gasteiger partial charge in [-0.3, -0.25) is 0 Å². The molecule has 0 aliphatic heterocycles. The molecule has 0 spiro atoms. The van der Waals surface area contributed by atoms with Gasteiger partial charge in [0.25, 0.3) is 0 Å². The van der Waals surface area contributed by atoms with E-state index in [1.54, 1.807) is 12.3 Å². The lowest BCUT2D eigenvalue weighted by Crippen LogP contribution is -2.33. The minimum absolute atomic E-state index is 0.115. The van der Waals surface area contributed by atoms with Gasteiger partial charge >= 0.3 is 5.82 Å². The Morgan fingerprint density at radius 3 is 2.39 bits per heavy atom. The summed E-state index contributed by atoms with van der Waals surface area (Å²) in [5, 5.41) is 10.5. The lowest BCUT2D eigenvalue weighted by Gasteiger charge is -2.23. The van der Waals surface area contributed by atoms with Gasteiger partial charge in [-0.2, -0.15) is 0 Å². The standard InChI is InChI=1S/C12H20N4O2/c1-4-15(5-2)9-8-14(3)11-6-7-12(13-10-11)16(17)18/h6-7,10H,4-5,8-9H2,1-3H3. The molecule has 1 heterocycles. The Labute approximate surface area is 107 Å². The third kappa shape index (κ3) is 3.96. The highest BCUT2D eigenvalue weighted by molar-refractivity contribution is 5.45. The van der Waals surface area contributed by atoms with Gasteiger partial charge in [-0.25, -0.2) is 0 Å². The smallest absolute Gasteiger partial charge is 0.363 e. The van der Waals surface area contributed by atoms with Crippen molar-refractivity contribution >= 4 is 11.5 Å². The predicted molar refractivity (Wildman–Crippen MR) is 71.9 cm³/mol. The third-order valence-electron chi connectivity index (χ3n) is 3.01. The summed E-state index contributed by atoms with van der Waals surface area (Å²) in [7, 11) is 1.96. The zero-order chi connectivity index (χ0) is 13.5. The van der Waals surface area contributed by atoms with Crippen molar-refractivity contribution in [2.75, 3.05) is 38.1 Å². The van der Waals surface area contributed by atoms with E-state index >= 15 is 0 Å². The molecule has 0 unspecified atom stereocenters.